The van der Waals surface area contributed by atoms with Gasteiger partial charge in [-0.25, -0.2) is 9.78 Å². The molecule has 7 heteroatoms. The van der Waals surface area contributed by atoms with Crippen molar-refractivity contribution in [2.45, 2.75) is 37.3 Å². The highest BCUT2D eigenvalue weighted by atomic mass is 16.5. The Kier molecular flexibility index (Phi) is 4.70. The van der Waals surface area contributed by atoms with E-state index in [9.17, 15) is 9.59 Å². The van der Waals surface area contributed by atoms with E-state index in [0.717, 1.165) is 37.9 Å². The summed E-state index contributed by atoms with van der Waals surface area (Å²) in [6.07, 6.45) is 3.96. The van der Waals surface area contributed by atoms with Crippen molar-refractivity contribution in [1.29, 1.82) is 0 Å². The van der Waals surface area contributed by atoms with E-state index in [2.05, 4.69) is 19.9 Å². The van der Waals surface area contributed by atoms with E-state index in [0.29, 0.717) is 12.4 Å². The highest BCUT2D eigenvalue weighted by molar-refractivity contribution is 5.87. The lowest BCUT2D eigenvalue weighted by atomic mass is 9.82. The number of carbonyl (C=O) groups excluding carboxylic acids is 2. The molecule has 0 aliphatic carbocycles. The second-order valence-electron chi connectivity index (χ2n) is 7.33. The third kappa shape index (κ3) is 3.60. The molecule has 0 radical (unpaired) electrons. The number of nitrogens with zero attached hydrogens (tertiary/aromatic N) is 2. The number of esters is 1. The van der Waals surface area contributed by atoms with Crippen LogP contribution in [0.5, 0.6) is 0 Å². The lowest BCUT2D eigenvalue weighted by Crippen LogP contribution is -2.50. The summed E-state index contributed by atoms with van der Waals surface area (Å²) in [6.45, 7) is 2.23. The number of oxazole rings is 1. The van der Waals surface area contributed by atoms with Crippen LogP contribution in [0.15, 0.2) is 41.0 Å². The largest absolute Gasteiger partial charge is 0.464 e. The number of hydrogen-bond acceptors (Lipinski definition) is 6. The van der Waals surface area contributed by atoms with Gasteiger partial charge in [0.25, 0.3) is 0 Å². The van der Waals surface area contributed by atoms with Crippen molar-refractivity contribution >= 4 is 11.9 Å². The van der Waals surface area contributed by atoms with Crippen molar-refractivity contribution in [1.82, 2.24) is 15.2 Å². The first-order chi connectivity index (χ1) is 13.1. The number of nitrogens with one attached hydrogen (secondary N) is 1. The zero-order valence-electron chi connectivity index (χ0n) is 15.3. The van der Waals surface area contributed by atoms with Gasteiger partial charge in [-0.1, -0.05) is 30.3 Å². The molecule has 2 saturated heterocycles. The predicted molar refractivity (Wildman–Crippen MR) is 97.0 cm³/mol. The maximum atomic E-state index is 12.5. The maximum Gasteiger partial charge on any atom is 0.360 e. The summed E-state index contributed by atoms with van der Waals surface area (Å²) in [7, 11) is 1.32. The number of ether oxygens (including phenoxy) is 1. The normalized spacial score (nSPS) is 22.0. The van der Waals surface area contributed by atoms with E-state index in [1.807, 2.05) is 30.3 Å². The van der Waals surface area contributed by atoms with E-state index < -0.39 is 5.97 Å². The monoisotopic (exact) mass is 369 g/mol. The number of likely N-dealkylation sites (tertiary alicyclic amines) is 1. The Bertz CT molecular complexity index is 825. The first-order valence-corrected chi connectivity index (χ1v) is 9.21. The summed E-state index contributed by atoms with van der Waals surface area (Å²) < 4.78 is 10.0. The number of rotatable bonds is 4. The fourth-order valence-corrected chi connectivity index (χ4v) is 4.08. The van der Waals surface area contributed by atoms with E-state index >= 15 is 0 Å². The molecule has 2 fully saturated rings. The third-order valence-corrected chi connectivity index (χ3v) is 5.62. The Morgan fingerprint density at radius 3 is 2.78 bits per heavy atom. The Morgan fingerprint density at radius 2 is 2.07 bits per heavy atom. The summed E-state index contributed by atoms with van der Waals surface area (Å²) in [5.74, 6) is 0.0735. The Balaban J connectivity index is 1.36. The SMILES string of the molecule is COC(=O)c1coc(CN2CCC3(CC2)CC(c2ccccc2)C(=O)N3)n1. The minimum atomic E-state index is -0.497. The van der Waals surface area contributed by atoms with Crippen molar-refractivity contribution in [2.75, 3.05) is 20.2 Å². The molecule has 1 aromatic carbocycles. The fraction of sp³-hybridized carbons (Fsp3) is 0.450. The lowest BCUT2D eigenvalue weighted by Gasteiger charge is -2.38. The van der Waals surface area contributed by atoms with E-state index in [1.54, 1.807) is 0 Å². The van der Waals surface area contributed by atoms with Crippen LogP contribution < -0.4 is 5.32 Å². The van der Waals surface area contributed by atoms with Gasteiger partial charge in [0.15, 0.2) is 5.69 Å². The van der Waals surface area contributed by atoms with Crippen LogP contribution in [0.1, 0.15) is 47.1 Å². The number of aromatic nitrogens is 1. The average Bonchev–Trinajstić information content (AvgIpc) is 3.29. The van der Waals surface area contributed by atoms with Crippen molar-refractivity contribution in [3.05, 3.63) is 53.7 Å². The number of carbonyl (C=O) groups is 2. The number of amides is 1. The molecule has 142 valence electrons. The summed E-state index contributed by atoms with van der Waals surface area (Å²) in [4.78, 5) is 30.4. The quantitative estimate of drug-likeness (QED) is 0.831. The zero-order chi connectivity index (χ0) is 18.9. The number of methoxy groups -OCH3 is 1. The predicted octanol–water partition coefficient (Wildman–Crippen LogP) is 2.10. The smallest absolute Gasteiger partial charge is 0.360 e. The first-order valence-electron chi connectivity index (χ1n) is 9.21. The molecule has 1 aromatic heterocycles. The minimum Gasteiger partial charge on any atom is -0.464 e. The van der Waals surface area contributed by atoms with Crippen LogP contribution in [0, 0.1) is 0 Å². The molecule has 4 rings (SSSR count). The van der Waals surface area contributed by atoms with Gasteiger partial charge in [0.2, 0.25) is 11.8 Å². The van der Waals surface area contributed by atoms with Crippen LogP contribution in [0.25, 0.3) is 0 Å². The molecule has 1 spiro atoms. The van der Waals surface area contributed by atoms with Gasteiger partial charge in [-0.05, 0) is 24.8 Å². The number of piperidine rings is 1. The molecule has 0 saturated carbocycles. The van der Waals surface area contributed by atoms with Gasteiger partial charge in [-0.3, -0.25) is 9.69 Å². The van der Waals surface area contributed by atoms with E-state index in [1.165, 1.54) is 13.4 Å². The Morgan fingerprint density at radius 1 is 1.33 bits per heavy atom. The molecular weight excluding hydrogens is 346 g/mol. The third-order valence-electron chi connectivity index (χ3n) is 5.62. The van der Waals surface area contributed by atoms with Gasteiger partial charge in [0, 0.05) is 18.6 Å². The van der Waals surface area contributed by atoms with Crippen molar-refractivity contribution in [2.24, 2.45) is 0 Å². The molecule has 1 amide bonds. The molecule has 1 atom stereocenters. The van der Waals surface area contributed by atoms with Crippen LogP contribution in [-0.2, 0) is 16.1 Å². The molecule has 7 nitrogen and oxygen atoms in total. The fourth-order valence-electron chi connectivity index (χ4n) is 4.08. The van der Waals surface area contributed by atoms with Crippen molar-refractivity contribution in [3.63, 3.8) is 0 Å². The molecule has 1 unspecified atom stereocenters. The Labute approximate surface area is 157 Å². The number of hydrogen-bond donors (Lipinski definition) is 1. The second-order valence-corrected chi connectivity index (χ2v) is 7.33. The highest BCUT2D eigenvalue weighted by Gasteiger charge is 2.46. The maximum absolute atomic E-state index is 12.5. The summed E-state index contributed by atoms with van der Waals surface area (Å²) >= 11 is 0. The standard InChI is InChI=1S/C20H23N3O4/c1-26-19(25)16-13-27-17(21-16)12-23-9-7-20(8-10-23)11-15(18(24)22-20)14-5-3-2-4-6-14/h2-6,13,15H,7-12H2,1H3,(H,22,24). The zero-order valence-corrected chi connectivity index (χ0v) is 15.3. The minimum absolute atomic E-state index is 0.0629. The van der Waals surface area contributed by atoms with Crippen molar-refractivity contribution in [3.8, 4) is 0 Å². The number of benzene rings is 1. The average molecular weight is 369 g/mol. The summed E-state index contributed by atoms with van der Waals surface area (Å²) in [5.41, 5.74) is 1.15. The molecule has 2 aliphatic rings. The van der Waals surface area contributed by atoms with Crippen molar-refractivity contribution < 1.29 is 18.7 Å². The van der Waals surface area contributed by atoms with Crippen LogP contribution in [-0.4, -0.2) is 47.5 Å². The molecule has 27 heavy (non-hydrogen) atoms. The van der Waals surface area contributed by atoms with Crippen LogP contribution in [0.2, 0.25) is 0 Å². The molecule has 3 heterocycles. The van der Waals surface area contributed by atoms with Crippen LogP contribution >= 0.6 is 0 Å². The molecule has 2 aliphatic heterocycles. The van der Waals surface area contributed by atoms with E-state index in [-0.39, 0.29) is 23.1 Å². The van der Waals surface area contributed by atoms with Gasteiger partial charge in [0.05, 0.1) is 19.6 Å². The van der Waals surface area contributed by atoms with Gasteiger partial charge >= 0.3 is 5.97 Å². The molecule has 2 aromatic rings. The van der Waals surface area contributed by atoms with Gasteiger partial charge in [-0.2, -0.15) is 0 Å². The van der Waals surface area contributed by atoms with Gasteiger partial charge in [-0.15, -0.1) is 0 Å². The summed E-state index contributed by atoms with van der Waals surface area (Å²) in [6, 6.07) is 9.99. The highest BCUT2D eigenvalue weighted by Crippen LogP contribution is 2.39. The lowest BCUT2D eigenvalue weighted by molar-refractivity contribution is -0.121. The Hall–Kier alpha value is -2.67. The van der Waals surface area contributed by atoms with E-state index in [4.69, 9.17) is 4.42 Å². The van der Waals surface area contributed by atoms with Crippen LogP contribution in [0.4, 0.5) is 0 Å². The summed E-state index contributed by atoms with van der Waals surface area (Å²) in [5, 5.41) is 3.26. The molecule has 0 bridgehead atoms. The second kappa shape index (κ2) is 7.15. The first kappa shape index (κ1) is 17.7. The van der Waals surface area contributed by atoms with Crippen LogP contribution in [0.3, 0.4) is 0 Å². The molecular formula is C20H23N3O4. The molecule has 1 N–H and O–H groups in total. The van der Waals surface area contributed by atoms with Gasteiger partial charge < -0.3 is 14.5 Å². The topological polar surface area (TPSA) is 84.7 Å². The van der Waals surface area contributed by atoms with Gasteiger partial charge in [0.1, 0.15) is 6.26 Å².